The van der Waals surface area contributed by atoms with Crippen LogP contribution in [0.3, 0.4) is 0 Å². The van der Waals surface area contributed by atoms with Crippen molar-refractivity contribution in [1.29, 1.82) is 5.26 Å². The van der Waals surface area contributed by atoms with E-state index in [0.29, 0.717) is 0 Å². The van der Waals surface area contributed by atoms with E-state index >= 15 is 0 Å². The fourth-order valence-electron chi connectivity index (χ4n) is 3.11. The van der Waals surface area contributed by atoms with E-state index in [9.17, 15) is 5.26 Å². The molecule has 0 aromatic heterocycles. The van der Waals surface area contributed by atoms with Crippen LogP contribution in [-0.4, -0.2) is 36.6 Å². The van der Waals surface area contributed by atoms with Gasteiger partial charge >= 0.3 is 0 Å². The molecular formula is C17H33N3. The van der Waals surface area contributed by atoms with Crippen molar-refractivity contribution >= 4 is 0 Å². The summed E-state index contributed by atoms with van der Waals surface area (Å²) in [5.41, 5.74) is -0.356. The number of likely N-dealkylation sites (tertiary alicyclic amines) is 1. The van der Waals surface area contributed by atoms with Gasteiger partial charge in [-0.2, -0.15) is 5.26 Å². The zero-order chi connectivity index (χ0) is 14.8. The van der Waals surface area contributed by atoms with E-state index in [4.69, 9.17) is 0 Å². The van der Waals surface area contributed by atoms with Crippen LogP contribution in [0.25, 0.3) is 0 Å². The molecule has 1 aliphatic rings. The number of nitrogens with zero attached hydrogens (tertiary/aromatic N) is 2. The van der Waals surface area contributed by atoms with Crippen LogP contribution in [0, 0.1) is 17.2 Å². The Morgan fingerprint density at radius 2 is 2.05 bits per heavy atom. The molecule has 1 rings (SSSR count). The minimum absolute atomic E-state index is 0.356. The molecule has 20 heavy (non-hydrogen) atoms. The van der Waals surface area contributed by atoms with Crippen molar-refractivity contribution in [1.82, 2.24) is 10.2 Å². The Kier molecular flexibility index (Phi) is 8.18. The zero-order valence-electron chi connectivity index (χ0n) is 13.7. The fourth-order valence-corrected chi connectivity index (χ4v) is 3.11. The Labute approximate surface area is 125 Å². The van der Waals surface area contributed by atoms with Crippen LogP contribution >= 0.6 is 0 Å². The van der Waals surface area contributed by atoms with Gasteiger partial charge in [-0.15, -0.1) is 0 Å². The molecule has 0 aromatic rings. The van der Waals surface area contributed by atoms with E-state index in [2.05, 4.69) is 30.1 Å². The average Bonchev–Trinajstić information content (AvgIpc) is 2.69. The molecule has 0 saturated carbocycles. The van der Waals surface area contributed by atoms with Gasteiger partial charge in [0.05, 0.1) is 6.07 Å². The number of nitriles is 1. The highest BCUT2D eigenvalue weighted by atomic mass is 15.1. The Morgan fingerprint density at radius 1 is 1.25 bits per heavy atom. The summed E-state index contributed by atoms with van der Waals surface area (Å²) in [5, 5.41) is 12.8. The second-order valence-corrected chi connectivity index (χ2v) is 6.55. The zero-order valence-corrected chi connectivity index (χ0v) is 13.7. The van der Waals surface area contributed by atoms with E-state index < -0.39 is 0 Å². The third kappa shape index (κ3) is 6.24. The summed E-state index contributed by atoms with van der Waals surface area (Å²) < 4.78 is 0. The quantitative estimate of drug-likeness (QED) is 0.738. The third-order valence-electron chi connectivity index (χ3n) is 4.58. The minimum atomic E-state index is -0.356. The van der Waals surface area contributed by atoms with Crippen LogP contribution in [0.4, 0.5) is 0 Å². The molecule has 0 aliphatic carbocycles. The lowest BCUT2D eigenvalue weighted by Crippen LogP contribution is -2.44. The number of rotatable bonds is 8. The first-order valence-corrected chi connectivity index (χ1v) is 8.52. The van der Waals surface area contributed by atoms with Crippen molar-refractivity contribution in [3.05, 3.63) is 0 Å². The maximum atomic E-state index is 9.38. The van der Waals surface area contributed by atoms with Crippen LogP contribution in [-0.2, 0) is 0 Å². The van der Waals surface area contributed by atoms with Crippen LogP contribution in [0.15, 0.2) is 0 Å². The average molecular weight is 279 g/mol. The first-order valence-electron chi connectivity index (χ1n) is 8.52. The van der Waals surface area contributed by atoms with E-state index in [1.54, 1.807) is 0 Å². The second kappa shape index (κ2) is 9.37. The molecule has 1 aliphatic heterocycles. The first-order chi connectivity index (χ1) is 9.63. The van der Waals surface area contributed by atoms with Crippen LogP contribution in [0.1, 0.15) is 65.7 Å². The van der Waals surface area contributed by atoms with E-state index in [1.165, 1.54) is 45.2 Å². The molecule has 0 aromatic carbocycles. The molecule has 0 amide bonds. The van der Waals surface area contributed by atoms with Crippen molar-refractivity contribution in [2.45, 2.75) is 71.3 Å². The first kappa shape index (κ1) is 17.5. The Bertz CT molecular complexity index is 297. The van der Waals surface area contributed by atoms with Gasteiger partial charge in [-0.05, 0) is 64.6 Å². The largest absolute Gasteiger partial charge is 0.303 e. The van der Waals surface area contributed by atoms with Gasteiger partial charge in [0.2, 0.25) is 0 Å². The second-order valence-electron chi connectivity index (χ2n) is 6.55. The summed E-state index contributed by atoms with van der Waals surface area (Å²) >= 11 is 0. The molecule has 116 valence electrons. The SMILES string of the molecule is CCCNC(C)(C#N)CCN1CCCC(CCC)CC1. The van der Waals surface area contributed by atoms with Crippen molar-refractivity contribution in [2.24, 2.45) is 5.92 Å². The highest BCUT2D eigenvalue weighted by Crippen LogP contribution is 2.22. The Hall–Kier alpha value is -0.590. The monoisotopic (exact) mass is 279 g/mol. The predicted molar refractivity (Wildman–Crippen MR) is 85.6 cm³/mol. The Balaban J connectivity index is 2.35. The molecule has 1 fully saturated rings. The standard InChI is InChI=1S/C17H33N3/c1-4-7-16-8-6-12-20(13-9-16)14-10-17(3,15-18)19-11-5-2/h16,19H,4-14H2,1-3H3. The number of hydrogen-bond acceptors (Lipinski definition) is 3. The van der Waals surface area contributed by atoms with E-state index in [1.807, 2.05) is 6.92 Å². The van der Waals surface area contributed by atoms with Gasteiger partial charge < -0.3 is 4.90 Å². The normalized spacial score (nSPS) is 23.8. The highest BCUT2D eigenvalue weighted by Gasteiger charge is 2.24. The van der Waals surface area contributed by atoms with Gasteiger partial charge in [0, 0.05) is 6.54 Å². The smallest absolute Gasteiger partial charge is 0.105 e. The molecule has 3 nitrogen and oxygen atoms in total. The molecular weight excluding hydrogens is 246 g/mol. The summed E-state index contributed by atoms with van der Waals surface area (Å²) in [6, 6.07) is 2.46. The molecule has 2 unspecified atom stereocenters. The molecule has 0 radical (unpaired) electrons. The molecule has 1 heterocycles. The van der Waals surface area contributed by atoms with Crippen LogP contribution in [0.5, 0.6) is 0 Å². The maximum absolute atomic E-state index is 9.38. The van der Waals surface area contributed by atoms with Crippen LogP contribution < -0.4 is 5.32 Å². The van der Waals surface area contributed by atoms with Gasteiger partial charge in [-0.1, -0.05) is 26.7 Å². The summed E-state index contributed by atoms with van der Waals surface area (Å²) in [6.45, 7) is 10.9. The number of hydrogen-bond donors (Lipinski definition) is 1. The summed E-state index contributed by atoms with van der Waals surface area (Å²) in [4.78, 5) is 2.57. The van der Waals surface area contributed by atoms with Crippen LogP contribution in [0.2, 0.25) is 0 Å². The molecule has 0 spiro atoms. The summed E-state index contributed by atoms with van der Waals surface area (Å²) in [6.07, 6.45) is 8.80. The Morgan fingerprint density at radius 3 is 2.70 bits per heavy atom. The van der Waals surface area contributed by atoms with E-state index in [-0.39, 0.29) is 5.54 Å². The minimum Gasteiger partial charge on any atom is -0.303 e. The third-order valence-corrected chi connectivity index (χ3v) is 4.58. The number of nitrogens with one attached hydrogen (secondary N) is 1. The maximum Gasteiger partial charge on any atom is 0.105 e. The molecule has 1 N–H and O–H groups in total. The van der Waals surface area contributed by atoms with Crippen molar-refractivity contribution in [3.63, 3.8) is 0 Å². The van der Waals surface area contributed by atoms with Crippen molar-refractivity contribution in [2.75, 3.05) is 26.2 Å². The van der Waals surface area contributed by atoms with Crippen molar-refractivity contribution < 1.29 is 0 Å². The van der Waals surface area contributed by atoms with Gasteiger partial charge in [-0.25, -0.2) is 0 Å². The molecule has 1 saturated heterocycles. The predicted octanol–water partition coefficient (Wildman–Crippen LogP) is 3.56. The highest BCUT2D eigenvalue weighted by molar-refractivity contribution is 5.03. The molecule has 0 bridgehead atoms. The topological polar surface area (TPSA) is 39.1 Å². The fraction of sp³-hybridized carbons (Fsp3) is 0.941. The summed E-state index contributed by atoms with van der Waals surface area (Å²) in [7, 11) is 0. The van der Waals surface area contributed by atoms with Gasteiger partial charge in [0.1, 0.15) is 5.54 Å². The van der Waals surface area contributed by atoms with Gasteiger partial charge in [-0.3, -0.25) is 5.32 Å². The molecule has 3 heteroatoms. The lowest BCUT2D eigenvalue weighted by atomic mass is 9.96. The molecule has 2 atom stereocenters. The van der Waals surface area contributed by atoms with E-state index in [0.717, 1.165) is 31.8 Å². The lowest BCUT2D eigenvalue weighted by Gasteiger charge is -2.27. The lowest BCUT2D eigenvalue weighted by molar-refractivity contribution is 0.249. The van der Waals surface area contributed by atoms with Gasteiger partial charge in [0.25, 0.3) is 0 Å². The van der Waals surface area contributed by atoms with Gasteiger partial charge in [0.15, 0.2) is 0 Å². The van der Waals surface area contributed by atoms with Crippen molar-refractivity contribution in [3.8, 4) is 6.07 Å². The summed E-state index contributed by atoms with van der Waals surface area (Å²) in [5.74, 6) is 0.936.